The van der Waals surface area contributed by atoms with E-state index < -0.39 is 12.4 Å². The minimum absolute atomic E-state index is 0.125. The Morgan fingerprint density at radius 2 is 1.21 bits per heavy atom. The minimum Gasteiger partial charge on any atom is -0.465 e. The van der Waals surface area contributed by atoms with Gasteiger partial charge in [0.05, 0.1) is 25.9 Å². The number of unbranched alkanes of at least 4 members (excludes halogenated alkanes) is 5. The lowest BCUT2D eigenvalue weighted by atomic mass is 10.1. The van der Waals surface area contributed by atoms with E-state index in [0.717, 1.165) is 6.42 Å². The van der Waals surface area contributed by atoms with E-state index in [0.29, 0.717) is 12.4 Å². The minimum atomic E-state index is -0.734. The van der Waals surface area contributed by atoms with Gasteiger partial charge in [-0.25, -0.2) is 0 Å². The number of rotatable bonds is 10. The van der Waals surface area contributed by atoms with Gasteiger partial charge in [-0.05, 0) is 32.4 Å². The second kappa shape index (κ2) is 28.0. The first-order valence-corrected chi connectivity index (χ1v) is 9.90. The van der Waals surface area contributed by atoms with Crippen molar-refractivity contribution >= 4 is 0 Å². The van der Waals surface area contributed by atoms with Crippen molar-refractivity contribution in [1.82, 2.24) is 0 Å². The molecule has 2 unspecified atom stereocenters. The lowest BCUT2D eigenvalue weighted by Gasteiger charge is -2.06. The van der Waals surface area contributed by atoms with Crippen LogP contribution in [-0.4, -0.2) is 69.5 Å². The van der Waals surface area contributed by atoms with Crippen LogP contribution in [0.1, 0.15) is 59.3 Å². The second-order valence-electron chi connectivity index (χ2n) is 6.00. The van der Waals surface area contributed by atoms with Crippen LogP contribution in [0.5, 0.6) is 5.75 Å². The van der Waals surface area contributed by atoms with Crippen molar-refractivity contribution in [3.8, 4) is 5.75 Å². The lowest BCUT2D eigenvalue weighted by Crippen LogP contribution is -2.08. The summed E-state index contributed by atoms with van der Waals surface area (Å²) in [6.45, 7) is 5.30. The van der Waals surface area contributed by atoms with Crippen LogP contribution < -0.4 is 4.74 Å². The summed E-state index contributed by atoms with van der Waals surface area (Å²) in [5.74, 6) is 0.692. The number of aliphatic hydroxyl groups is 6. The lowest BCUT2D eigenvalue weighted by molar-refractivity contribution is -0.000291. The third kappa shape index (κ3) is 35.8. The predicted molar refractivity (Wildman–Crippen MR) is 112 cm³/mol. The highest BCUT2D eigenvalue weighted by molar-refractivity contribution is 5.20. The predicted octanol–water partition coefficient (Wildman–Crippen LogP) is 2.07. The van der Waals surface area contributed by atoms with Crippen molar-refractivity contribution < 1.29 is 35.4 Å². The zero-order chi connectivity index (χ0) is 22.0. The van der Waals surface area contributed by atoms with Crippen LogP contribution in [-0.2, 0) is 0 Å². The van der Waals surface area contributed by atoms with Crippen LogP contribution in [0, 0.1) is 0 Å². The van der Waals surface area contributed by atoms with E-state index in [2.05, 4.69) is 6.92 Å². The van der Waals surface area contributed by atoms with Crippen molar-refractivity contribution in [1.29, 1.82) is 0 Å². The van der Waals surface area contributed by atoms with Crippen LogP contribution in [0.15, 0.2) is 30.3 Å². The van der Waals surface area contributed by atoms with Crippen LogP contribution in [0.3, 0.4) is 0 Å². The van der Waals surface area contributed by atoms with E-state index in [4.69, 9.17) is 35.4 Å². The second-order valence-corrected chi connectivity index (χ2v) is 6.00. The number of hydrogen-bond acceptors (Lipinski definition) is 7. The van der Waals surface area contributed by atoms with Gasteiger partial charge in [-0.15, -0.1) is 0 Å². The highest BCUT2D eigenvalue weighted by atomic mass is 16.6. The van der Waals surface area contributed by atoms with E-state index >= 15 is 0 Å². The summed E-state index contributed by atoms with van der Waals surface area (Å²) in [5, 5.41) is 48.5. The summed E-state index contributed by atoms with van der Waals surface area (Å²) in [4.78, 5) is 0. The fraction of sp³-hybridized carbons (Fsp3) is 0.714. The maximum absolute atomic E-state index is 8.78. The third-order valence-corrected chi connectivity index (χ3v) is 2.93. The van der Waals surface area contributed by atoms with Crippen LogP contribution in [0.2, 0.25) is 0 Å². The summed E-state index contributed by atoms with van der Waals surface area (Å²) in [5.41, 5.74) is 0. The SMILES string of the molecule is CC(O)CO.CC(O)Oc1ccccc1.CCCCCCCCO.OCCO. The molecule has 1 aromatic rings. The average Bonchev–Trinajstić information content (AvgIpc) is 2.69. The molecule has 0 aliphatic carbocycles. The molecule has 28 heavy (non-hydrogen) atoms. The van der Waals surface area contributed by atoms with Gasteiger partial charge in [-0.1, -0.05) is 57.2 Å². The van der Waals surface area contributed by atoms with Crippen molar-refractivity contribution in [3.63, 3.8) is 0 Å². The first-order valence-electron chi connectivity index (χ1n) is 9.90. The van der Waals surface area contributed by atoms with Gasteiger partial charge in [0.2, 0.25) is 0 Å². The summed E-state index contributed by atoms with van der Waals surface area (Å²) in [6.07, 6.45) is 6.20. The van der Waals surface area contributed by atoms with Gasteiger partial charge in [0.1, 0.15) is 5.75 Å². The van der Waals surface area contributed by atoms with Gasteiger partial charge in [0, 0.05) is 6.61 Å². The van der Waals surface area contributed by atoms with Crippen molar-refractivity contribution in [2.75, 3.05) is 26.4 Å². The number of para-hydroxylation sites is 1. The van der Waals surface area contributed by atoms with Crippen molar-refractivity contribution in [3.05, 3.63) is 30.3 Å². The number of hydrogen-bond donors (Lipinski definition) is 6. The largest absolute Gasteiger partial charge is 0.465 e. The van der Waals surface area contributed by atoms with E-state index in [1.165, 1.54) is 39.0 Å². The quantitative estimate of drug-likeness (QED) is 0.259. The summed E-state index contributed by atoms with van der Waals surface area (Å²) < 4.78 is 4.97. The fourth-order valence-electron chi connectivity index (χ4n) is 1.59. The topological polar surface area (TPSA) is 131 Å². The van der Waals surface area contributed by atoms with E-state index in [1.54, 1.807) is 19.1 Å². The zero-order valence-corrected chi connectivity index (χ0v) is 17.7. The van der Waals surface area contributed by atoms with Gasteiger partial charge >= 0.3 is 0 Å². The number of benzene rings is 1. The van der Waals surface area contributed by atoms with E-state index in [1.807, 2.05) is 18.2 Å². The molecule has 0 saturated heterocycles. The van der Waals surface area contributed by atoms with Gasteiger partial charge < -0.3 is 35.4 Å². The molecule has 1 aromatic carbocycles. The number of aliphatic hydroxyl groups excluding tert-OH is 6. The Hall–Kier alpha value is -1.22. The molecule has 0 saturated carbocycles. The Bertz CT molecular complexity index is 351. The Balaban J connectivity index is -0.000000319. The highest BCUT2D eigenvalue weighted by Gasteiger charge is 1.94. The molecule has 0 aliphatic heterocycles. The molecule has 0 radical (unpaired) electrons. The first-order chi connectivity index (χ1) is 13.4. The molecule has 0 fully saturated rings. The molecule has 6 N–H and O–H groups in total. The Morgan fingerprint density at radius 3 is 1.57 bits per heavy atom. The molecular weight excluding hydrogens is 364 g/mol. The summed E-state index contributed by atoms with van der Waals surface area (Å²) in [6, 6.07) is 9.21. The van der Waals surface area contributed by atoms with Crippen LogP contribution in [0.4, 0.5) is 0 Å². The van der Waals surface area contributed by atoms with Crippen LogP contribution in [0.25, 0.3) is 0 Å². The Kier molecular flexibility index (Phi) is 31.5. The molecule has 0 spiro atoms. The molecular formula is C21H42O7. The van der Waals surface area contributed by atoms with E-state index in [9.17, 15) is 0 Å². The molecule has 7 nitrogen and oxygen atoms in total. The maximum Gasteiger partial charge on any atom is 0.194 e. The van der Waals surface area contributed by atoms with Gasteiger partial charge in [0.15, 0.2) is 6.29 Å². The Morgan fingerprint density at radius 1 is 0.750 bits per heavy atom. The fourth-order valence-corrected chi connectivity index (χ4v) is 1.59. The van der Waals surface area contributed by atoms with E-state index in [-0.39, 0.29) is 19.8 Å². The Labute approximate surface area is 170 Å². The standard InChI is InChI=1S/C8H10O2.C8H18O.C3H8O2.C2H6O2/c1-7(9)10-8-5-3-2-4-6-8;1-2-3-4-5-6-7-8-9;1-3(5)2-4;3-1-2-4/h2-7,9H,1H3;9H,2-8H2,1H3;3-5H,2H2,1H3;3-4H,1-2H2. The third-order valence-electron chi connectivity index (χ3n) is 2.93. The highest BCUT2D eigenvalue weighted by Crippen LogP contribution is 2.09. The molecule has 168 valence electrons. The van der Waals surface area contributed by atoms with Crippen molar-refractivity contribution in [2.24, 2.45) is 0 Å². The zero-order valence-electron chi connectivity index (χ0n) is 17.7. The van der Waals surface area contributed by atoms with Crippen molar-refractivity contribution in [2.45, 2.75) is 71.7 Å². The molecule has 7 heteroatoms. The molecule has 0 aromatic heterocycles. The summed E-state index contributed by atoms with van der Waals surface area (Å²) >= 11 is 0. The monoisotopic (exact) mass is 406 g/mol. The van der Waals surface area contributed by atoms with Crippen LogP contribution >= 0.6 is 0 Å². The smallest absolute Gasteiger partial charge is 0.194 e. The first kappa shape index (κ1) is 31.5. The molecule has 2 atom stereocenters. The molecule has 0 amide bonds. The van der Waals surface area contributed by atoms with Gasteiger partial charge in [0.25, 0.3) is 0 Å². The van der Waals surface area contributed by atoms with Gasteiger partial charge in [-0.2, -0.15) is 0 Å². The maximum atomic E-state index is 8.78. The molecule has 0 heterocycles. The number of ether oxygens (including phenoxy) is 1. The van der Waals surface area contributed by atoms with Gasteiger partial charge in [-0.3, -0.25) is 0 Å². The normalized spacial score (nSPS) is 11.5. The molecule has 1 rings (SSSR count). The molecule has 0 aliphatic rings. The summed E-state index contributed by atoms with van der Waals surface area (Å²) in [7, 11) is 0. The molecule has 0 bridgehead atoms. The average molecular weight is 407 g/mol.